The summed E-state index contributed by atoms with van der Waals surface area (Å²) in [7, 11) is 0. The summed E-state index contributed by atoms with van der Waals surface area (Å²) >= 11 is 6.04. The Morgan fingerprint density at radius 3 is 2.74 bits per heavy atom. The molecule has 2 saturated carbocycles. The van der Waals surface area contributed by atoms with Gasteiger partial charge in [-0.3, -0.25) is 14.5 Å². The van der Waals surface area contributed by atoms with Gasteiger partial charge in [-0.15, -0.1) is 0 Å². The Hall–Kier alpha value is -2.83. The molecule has 6 nitrogen and oxygen atoms in total. The minimum Gasteiger partial charge on any atom is -0.487 e. The van der Waals surface area contributed by atoms with Gasteiger partial charge >= 0.3 is 0 Å². The van der Waals surface area contributed by atoms with Crippen LogP contribution in [0.1, 0.15) is 62.6 Å². The van der Waals surface area contributed by atoms with Crippen LogP contribution in [0.25, 0.3) is 6.08 Å². The van der Waals surface area contributed by atoms with Crippen LogP contribution in [-0.2, 0) is 21.4 Å². The molecule has 1 saturated heterocycles. The predicted octanol–water partition coefficient (Wildman–Crippen LogP) is 5.10. The highest BCUT2D eigenvalue weighted by molar-refractivity contribution is 6.30. The van der Waals surface area contributed by atoms with E-state index in [0.29, 0.717) is 29.4 Å². The number of Topliss-reactive ketones (excluding diaryl/α,β-unsaturated/α-hetero) is 1. The minimum atomic E-state index is -0.608. The third kappa shape index (κ3) is 3.86. The van der Waals surface area contributed by atoms with Crippen LogP contribution in [0.5, 0.6) is 11.5 Å². The molecule has 2 aromatic carbocycles. The van der Waals surface area contributed by atoms with Crippen molar-refractivity contribution in [2.75, 3.05) is 13.1 Å². The summed E-state index contributed by atoms with van der Waals surface area (Å²) in [5.41, 5.74) is 2.03. The number of likely N-dealkylation sites (tertiary alicyclic amines) is 1. The van der Waals surface area contributed by atoms with Gasteiger partial charge in [-0.1, -0.05) is 29.8 Å². The third-order valence-corrected chi connectivity index (χ3v) is 9.86. The average Bonchev–Trinajstić information content (AvgIpc) is 3.65. The van der Waals surface area contributed by atoms with Gasteiger partial charge in [0, 0.05) is 35.7 Å². The zero-order valence-electron chi connectivity index (χ0n) is 22.5. The van der Waals surface area contributed by atoms with Crippen molar-refractivity contribution in [1.82, 2.24) is 10.2 Å². The molecule has 2 bridgehead atoms. The van der Waals surface area contributed by atoms with Crippen LogP contribution < -0.4 is 14.8 Å². The number of nitrogens with zero attached hydrogens (tertiary/aromatic N) is 1. The molecule has 7 heteroatoms. The van der Waals surface area contributed by atoms with Gasteiger partial charge in [-0.2, -0.15) is 0 Å². The van der Waals surface area contributed by atoms with E-state index in [1.165, 1.54) is 18.4 Å². The first-order chi connectivity index (χ1) is 18.8. The molecule has 3 aliphatic carbocycles. The molecule has 1 unspecified atom stereocenters. The Labute approximate surface area is 234 Å². The number of amides is 1. The lowest BCUT2D eigenvalue weighted by Gasteiger charge is -2.65. The molecule has 3 fully saturated rings. The maximum Gasteiger partial charge on any atom is 0.244 e. The topological polar surface area (TPSA) is 67.9 Å². The van der Waals surface area contributed by atoms with Gasteiger partial charge in [0.2, 0.25) is 5.91 Å². The predicted molar refractivity (Wildman–Crippen MR) is 150 cm³/mol. The van der Waals surface area contributed by atoms with E-state index in [0.717, 1.165) is 43.0 Å². The molecule has 0 radical (unpaired) electrons. The van der Waals surface area contributed by atoms with Gasteiger partial charge in [-0.25, -0.2) is 0 Å². The van der Waals surface area contributed by atoms with Gasteiger partial charge in [-0.05, 0) is 93.8 Å². The number of ketones is 1. The molecule has 39 heavy (non-hydrogen) atoms. The lowest BCUT2D eigenvalue weighted by Crippen LogP contribution is -2.81. The molecule has 5 aliphatic rings. The number of carbonyl (C=O) groups is 2. The zero-order chi connectivity index (χ0) is 26.9. The molecule has 1 N–H and O–H groups in total. The van der Waals surface area contributed by atoms with E-state index in [2.05, 4.69) is 16.3 Å². The summed E-state index contributed by atoms with van der Waals surface area (Å²) in [4.78, 5) is 29.9. The number of hydrogen-bond acceptors (Lipinski definition) is 5. The zero-order valence-corrected chi connectivity index (χ0v) is 23.3. The molecular weight excluding hydrogens is 512 g/mol. The van der Waals surface area contributed by atoms with Crippen molar-refractivity contribution in [3.8, 4) is 11.5 Å². The van der Waals surface area contributed by atoms with Gasteiger partial charge in [0.05, 0.1) is 17.1 Å². The van der Waals surface area contributed by atoms with Crippen molar-refractivity contribution >= 4 is 29.4 Å². The highest BCUT2D eigenvalue weighted by Gasteiger charge is 2.74. The molecule has 204 valence electrons. The van der Waals surface area contributed by atoms with Gasteiger partial charge in [0.25, 0.3) is 0 Å². The second-order valence-electron chi connectivity index (χ2n) is 12.3. The minimum absolute atomic E-state index is 0.0158. The van der Waals surface area contributed by atoms with Crippen LogP contribution in [0.3, 0.4) is 0 Å². The van der Waals surface area contributed by atoms with Crippen LogP contribution in [0, 0.1) is 5.92 Å². The first-order valence-electron chi connectivity index (χ1n) is 14.3. The van der Waals surface area contributed by atoms with Crippen LogP contribution in [0.15, 0.2) is 42.5 Å². The SMILES string of the molecule is CC(C)Oc1ccc2c3c1O[C@H]1C(=O)CC[C@@]4(NC(=O)/C=C/c5ccc(Cl)cc5)C(C2)N(CC2CC2)CC[C@]314. The Morgan fingerprint density at radius 1 is 1.21 bits per heavy atom. The summed E-state index contributed by atoms with van der Waals surface area (Å²) in [5.74, 6) is 2.14. The molecule has 7 rings (SSSR count). The van der Waals surface area contributed by atoms with Crippen molar-refractivity contribution in [2.45, 2.75) is 81.6 Å². The van der Waals surface area contributed by atoms with E-state index in [1.54, 1.807) is 6.08 Å². The van der Waals surface area contributed by atoms with Crippen LogP contribution in [0.2, 0.25) is 5.02 Å². The fraction of sp³-hybridized carbons (Fsp3) is 0.500. The maximum atomic E-state index is 13.7. The van der Waals surface area contributed by atoms with Gasteiger partial charge < -0.3 is 14.8 Å². The smallest absolute Gasteiger partial charge is 0.244 e. The maximum absolute atomic E-state index is 13.7. The van der Waals surface area contributed by atoms with Crippen LogP contribution in [0.4, 0.5) is 0 Å². The van der Waals surface area contributed by atoms with E-state index in [1.807, 2.05) is 50.3 Å². The number of ether oxygens (including phenoxy) is 2. The Kier molecular flexibility index (Phi) is 5.87. The summed E-state index contributed by atoms with van der Waals surface area (Å²) in [6.45, 7) is 5.96. The monoisotopic (exact) mass is 546 g/mol. The number of halogens is 1. The van der Waals surface area contributed by atoms with E-state index >= 15 is 0 Å². The van der Waals surface area contributed by atoms with E-state index in [9.17, 15) is 9.59 Å². The largest absolute Gasteiger partial charge is 0.487 e. The number of carbonyl (C=O) groups excluding carboxylic acids is 2. The molecule has 1 spiro atoms. The summed E-state index contributed by atoms with van der Waals surface area (Å²) in [6, 6.07) is 11.7. The molecule has 4 atom stereocenters. The Morgan fingerprint density at radius 2 is 2.00 bits per heavy atom. The number of piperidine rings is 1. The van der Waals surface area contributed by atoms with Crippen molar-refractivity contribution in [3.63, 3.8) is 0 Å². The molecule has 2 heterocycles. The van der Waals surface area contributed by atoms with E-state index < -0.39 is 17.1 Å². The quantitative estimate of drug-likeness (QED) is 0.490. The second-order valence-corrected chi connectivity index (χ2v) is 12.7. The van der Waals surface area contributed by atoms with Crippen LogP contribution in [-0.4, -0.2) is 53.5 Å². The van der Waals surface area contributed by atoms with Crippen molar-refractivity contribution in [3.05, 3.63) is 64.2 Å². The standard InChI is InChI=1S/C32H35ClN2O4/c1-19(2)38-25-11-8-22-17-26-32(34-27(37)12-7-20-5-9-23(33)10-6-20)14-13-24(36)30-31(32,28(22)29(25)39-30)15-16-35(26)18-21-3-4-21/h5-12,19,21,26,30H,3-4,13-18H2,1-2H3,(H,34,37)/b12-7+/t26?,30-,31-,32+/m0/s1. The molecule has 1 amide bonds. The van der Waals surface area contributed by atoms with Gasteiger partial charge in [0.1, 0.15) is 0 Å². The Bertz CT molecular complexity index is 1370. The summed E-state index contributed by atoms with van der Waals surface area (Å²) in [5, 5.41) is 4.21. The van der Waals surface area contributed by atoms with E-state index in [-0.39, 0.29) is 23.8 Å². The summed E-state index contributed by atoms with van der Waals surface area (Å²) in [6.07, 6.45) is 7.98. The Balaban J connectivity index is 1.34. The normalized spacial score (nSPS) is 30.8. The molecule has 0 aromatic heterocycles. The average molecular weight is 547 g/mol. The van der Waals surface area contributed by atoms with Crippen LogP contribution >= 0.6 is 11.6 Å². The molecule has 2 aromatic rings. The van der Waals surface area contributed by atoms with Gasteiger partial charge in [0.15, 0.2) is 23.4 Å². The number of hydrogen-bond donors (Lipinski definition) is 1. The number of nitrogens with one attached hydrogen (secondary N) is 1. The van der Waals surface area contributed by atoms with Crippen molar-refractivity contribution in [2.24, 2.45) is 5.92 Å². The fourth-order valence-electron chi connectivity index (χ4n) is 7.91. The lowest BCUT2D eigenvalue weighted by atomic mass is 9.47. The summed E-state index contributed by atoms with van der Waals surface area (Å²) < 4.78 is 12.8. The highest BCUT2D eigenvalue weighted by atomic mass is 35.5. The third-order valence-electron chi connectivity index (χ3n) is 9.60. The fourth-order valence-corrected chi connectivity index (χ4v) is 8.03. The van der Waals surface area contributed by atoms with Crippen molar-refractivity contribution < 1.29 is 19.1 Å². The number of benzene rings is 2. The lowest BCUT2D eigenvalue weighted by molar-refractivity contribution is -0.148. The van der Waals surface area contributed by atoms with E-state index in [4.69, 9.17) is 21.1 Å². The number of rotatable bonds is 7. The molecule has 2 aliphatic heterocycles. The second kappa shape index (κ2) is 9.10. The first-order valence-corrected chi connectivity index (χ1v) is 14.7. The van der Waals surface area contributed by atoms with Crippen molar-refractivity contribution in [1.29, 1.82) is 0 Å². The molecular formula is C32H35ClN2O4. The highest BCUT2D eigenvalue weighted by Crippen LogP contribution is 2.65. The first kappa shape index (κ1) is 25.2.